The Morgan fingerprint density at radius 2 is 2.53 bits per heavy atom. The van der Waals surface area contributed by atoms with Crippen molar-refractivity contribution in [3.63, 3.8) is 0 Å². The molecule has 0 amide bonds. The number of thioether (sulfide) groups is 1. The Labute approximate surface area is 101 Å². The summed E-state index contributed by atoms with van der Waals surface area (Å²) in [5, 5.41) is 0.887. The second-order valence-corrected chi connectivity index (χ2v) is 5.19. The molecule has 1 aliphatic heterocycles. The molecule has 1 fully saturated rings. The van der Waals surface area contributed by atoms with Crippen LogP contribution in [-0.4, -0.2) is 28.4 Å². The number of nitrogens with zero attached hydrogens (tertiary/aromatic N) is 2. The van der Waals surface area contributed by atoms with Crippen molar-refractivity contribution in [3.05, 3.63) is 10.7 Å². The normalized spacial score (nSPS) is 20.7. The molecule has 2 rings (SSSR count). The van der Waals surface area contributed by atoms with Crippen molar-refractivity contribution in [2.24, 2.45) is 0 Å². The molecule has 2 heterocycles. The van der Waals surface area contributed by atoms with E-state index in [0.717, 1.165) is 34.7 Å². The van der Waals surface area contributed by atoms with Crippen molar-refractivity contribution in [3.8, 4) is 0 Å². The minimum Gasteiger partial charge on any atom is -0.377 e. The number of hydrogen-bond acceptors (Lipinski definition) is 5. The third kappa shape index (κ3) is 3.06. The lowest BCUT2D eigenvalue weighted by atomic mass is 10.3. The van der Waals surface area contributed by atoms with Gasteiger partial charge < -0.3 is 10.5 Å². The lowest BCUT2D eigenvalue weighted by Gasteiger charge is -2.08. The van der Waals surface area contributed by atoms with Crippen LogP contribution >= 0.6 is 27.7 Å². The van der Waals surface area contributed by atoms with Crippen LogP contribution in [0.1, 0.15) is 12.8 Å². The van der Waals surface area contributed by atoms with Gasteiger partial charge in [0.1, 0.15) is 5.03 Å². The Morgan fingerprint density at radius 3 is 3.27 bits per heavy atom. The highest BCUT2D eigenvalue weighted by atomic mass is 79.9. The SMILES string of the molecule is Nc1ncc(Br)c(SCC2CCCO2)n1. The van der Waals surface area contributed by atoms with Crippen LogP contribution in [0, 0.1) is 0 Å². The zero-order valence-corrected chi connectivity index (χ0v) is 10.6. The molecule has 1 aromatic rings. The first-order valence-electron chi connectivity index (χ1n) is 4.78. The molecule has 6 heteroatoms. The molecule has 82 valence electrons. The predicted octanol–water partition coefficient (Wildman–Crippen LogP) is 2.09. The van der Waals surface area contributed by atoms with Crippen molar-refractivity contribution < 1.29 is 4.74 Å². The maximum atomic E-state index is 5.53. The van der Waals surface area contributed by atoms with Gasteiger partial charge in [-0.2, -0.15) is 0 Å². The summed E-state index contributed by atoms with van der Waals surface area (Å²) < 4.78 is 6.42. The van der Waals surface area contributed by atoms with Gasteiger partial charge in [0, 0.05) is 18.6 Å². The number of ether oxygens (including phenoxy) is 1. The topological polar surface area (TPSA) is 61.0 Å². The number of hydrogen-bond donors (Lipinski definition) is 1. The third-order valence-corrected chi connectivity index (χ3v) is 4.13. The fraction of sp³-hybridized carbons (Fsp3) is 0.556. The highest BCUT2D eigenvalue weighted by molar-refractivity contribution is 9.10. The number of aromatic nitrogens is 2. The molecule has 0 aliphatic carbocycles. The van der Waals surface area contributed by atoms with E-state index in [1.807, 2.05) is 0 Å². The fourth-order valence-corrected chi connectivity index (χ4v) is 2.90. The minimum absolute atomic E-state index is 0.313. The number of anilines is 1. The van der Waals surface area contributed by atoms with Crippen molar-refractivity contribution in [1.82, 2.24) is 9.97 Å². The van der Waals surface area contributed by atoms with Gasteiger partial charge in [-0.05, 0) is 28.8 Å². The molecule has 15 heavy (non-hydrogen) atoms. The van der Waals surface area contributed by atoms with Crippen LogP contribution in [0.15, 0.2) is 15.7 Å². The highest BCUT2D eigenvalue weighted by Crippen LogP contribution is 2.28. The highest BCUT2D eigenvalue weighted by Gasteiger charge is 2.16. The fourth-order valence-electron chi connectivity index (χ4n) is 1.41. The first-order chi connectivity index (χ1) is 7.25. The lowest BCUT2D eigenvalue weighted by molar-refractivity contribution is 0.129. The molecule has 1 unspecified atom stereocenters. The van der Waals surface area contributed by atoms with Crippen LogP contribution in [-0.2, 0) is 4.74 Å². The largest absolute Gasteiger partial charge is 0.377 e. The molecule has 4 nitrogen and oxygen atoms in total. The first-order valence-corrected chi connectivity index (χ1v) is 6.56. The zero-order valence-electron chi connectivity index (χ0n) is 8.15. The molecule has 0 bridgehead atoms. The van der Waals surface area contributed by atoms with Gasteiger partial charge in [0.15, 0.2) is 0 Å². The Kier molecular flexibility index (Phi) is 3.82. The molecule has 1 aromatic heterocycles. The second kappa shape index (κ2) is 5.14. The monoisotopic (exact) mass is 289 g/mol. The third-order valence-electron chi connectivity index (χ3n) is 2.16. The van der Waals surface area contributed by atoms with E-state index in [0.29, 0.717) is 12.1 Å². The van der Waals surface area contributed by atoms with E-state index in [-0.39, 0.29) is 0 Å². The molecule has 0 saturated carbocycles. The van der Waals surface area contributed by atoms with Crippen LogP contribution < -0.4 is 5.73 Å². The van der Waals surface area contributed by atoms with Gasteiger partial charge in [-0.25, -0.2) is 9.97 Å². The maximum Gasteiger partial charge on any atom is 0.221 e. The summed E-state index contributed by atoms with van der Waals surface area (Å²) in [6.07, 6.45) is 4.35. The number of nitrogens with two attached hydrogens (primary N) is 1. The molecule has 1 aliphatic rings. The van der Waals surface area contributed by atoms with Crippen LogP contribution in [0.2, 0.25) is 0 Å². The summed E-state index contributed by atoms with van der Waals surface area (Å²) in [4.78, 5) is 8.06. The Bertz CT molecular complexity index is 344. The Balaban J connectivity index is 1.94. The van der Waals surface area contributed by atoms with Crippen molar-refractivity contribution in [2.75, 3.05) is 18.1 Å². The number of halogens is 1. The summed E-state index contributed by atoms with van der Waals surface area (Å²) in [5.74, 6) is 1.24. The molecular weight excluding hydrogens is 278 g/mol. The van der Waals surface area contributed by atoms with E-state index < -0.39 is 0 Å². The minimum atomic E-state index is 0.313. The summed E-state index contributed by atoms with van der Waals surface area (Å²) in [6.45, 7) is 0.887. The summed E-state index contributed by atoms with van der Waals surface area (Å²) in [7, 11) is 0. The smallest absolute Gasteiger partial charge is 0.221 e. The van der Waals surface area contributed by atoms with Gasteiger partial charge in [-0.1, -0.05) is 0 Å². The molecule has 0 spiro atoms. The van der Waals surface area contributed by atoms with Crippen molar-refractivity contribution in [1.29, 1.82) is 0 Å². The standard InChI is InChI=1S/C9H12BrN3OS/c10-7-4-12-9(11)13-8(7)15-5-6-2-1-3-14-6/h4,6H,1-3,5H2,(H2,11,12,13). The summed E-state index contributed by atoms with van der Waals surface area (Å²) >= 11 is 5.05. The zero-order chi connectivity index (χ0) is 10.7. The predicted molar refractivity (Wildman–Crippen MR) is 63.8 cm³/mol. The molecule has 0 radical (unpaired) electrons. The van der Waals surface area contributed by atoms with Crippen LogP contribution in [0.4, 0.5) is 5.95 Å². The van der Waals surface area contributed by atoms with Gasteiger partial charge in [0.25, 0.3) is 0 Å². The van der Waals surface area contributed by atoms with Gasteiger partial charge in [-0.15, -0.1) is 11.8 Å². The van der Waals surface area contributed by atoms with E-state index in [1.54, 1.807) is 18.0 Å². The van der Waals surface area contributed by atoms with E-state index in [2.05, 4.69) is 25.9 Å². The number of rotatable bonds is 3. The molecule has 1 atom stereocenters. The lowest BCUT2D eigenvalue weighted by Crippen LogP contribution is -2.08. The van der Waals surface area contributed by atoms with E-state index in [4.69, 9.17) is 10.5 Å². The second-order valence-electron chi connectivity index (χ2n) is 3.33. The van der Waals surface area contributed by atoms with Gasteiger partial charge >= 0.3 is 0 Å². The van der Waals surface area contributed by atoms with Gasteiger partial charge in [0.2, 0.25) is 5.95 Å². The van der Waals surface area contributed by atoms with Crippen LogP contribution in [0.25, 0.3) is 0 Å². The van der Waals surface area contributed by atoms with Gasteiger partial charge in [0.05, 0.1) is 10.6 Å². The van der Waals surface area contributed by atoms with Crippen LogP contribution in [0.5, 0.6) is 0 Å². The van der Waals surface area contributed by atoms with Gasteiger partial charge in [-0.3, -0.25) is 0 Å². The van der Waals surface area contributed by atoms with E-state index in [1.165, 1.54) is 0 Å². The Hall–Kier alpha value is -0.330. The molecular formula is C9H12BrN3OS. The molecule has 2 N–H and O–H groups in total. The van der Waals surface area contributed by atoms with E-state index in [9.17, 15) is 0 Å². The average Bonchev–Trinajstić information content (AvgIpc) is 2.72. The van der Waals surface area contributed by atoms with E-state index >= 15 is 0 Å². The van der Waals surface area contributed by atoms with Crippen LogP contribution in [0.3, 0.4) is 0 Å². The van der Waals surface area contributed by atoms with Crippen molar-refractivity contribution in [2.45, 2.75) is 24.0 Å². The summed E-state index contributed by atoms with van der Waals surface area (Å²) in [6, 6.07) is 0. The quantitative estimate of drug-likeness (QED) is 0.682. The summed E-state index contributed by atoms with van der Waals surface area (Å²) in [5.41, 5.74) is 5.52. The van der Waals surface area contributed by atoms with Crippen molar-refractivity contribution >= 4 is 33.6 Å². The molecule has 0 aromatic carbocycles. The number of nitrogen functional groups attached to an aromatic ring is 1. The molecule has 1 saturated heterocycles. The first kappa shape index (κ1) is 11.2. The average molecular weight is 290 g/mol. The maximum absolute atomic E-state index is 5.53. The Morgan fingerprint density at radius 1 is 1.67 bits per heavy atom.